The number of hydrogen-bond donors (Lipinski definition) is 1. The van der Waals surface area contributed by atoms with Gasteiger partial charge in [-0.1, -0.05) is 0 Å². The Hall–Kier alpha value is -2.74. The van der Waals surface area contributed by atoms with Crippen molar-refractivity contribution in [1.29, 1.82) is 0 Å². The van der Waals surface area contributed by atoms with Gasteiger partial charge in [-0.15, -0.1) is 0 Å². The molecule has 0 saturated carbocycles. The van der Waals surface area contributed by atoms with Gasteiger partial charge in [-0.05, 0) is 25.0 Å². The fourth-order valence-electron chi connectivity index (χ4n) is 3.66. The van der Waals surface area contributed by atoms with E-state index in [1.54, 1.807) is 23.3 Å². The highest BCUT2D eigenvalue weighted by molar-refractivity contribution is 5.93. The molecule has 26 heavy (non-hydrogen) atoms. The molecule has 8 heteroatoms. The van der Waals surface area contributed by atoms with Crippen molar-refractivity contribution in [2.45, 2.75) is 31.5 Å². The second-order valence-corrected chi connectivity index (χ2v) is 6.54. The summed E-state index contributed by atoms with van der Waals surface area (Å²) < 4.78 is 11.0. The van der Waals surface area contributed by atoms with E-state index in [0.717, 1.165) is 6.42 Å². The van der Waals surface area contributed by atoms with Crippen LogP contribution < -0.4 is 5.32 Å². The minimum absolute atomic E-state index is 0.0152. The third kappa shape index (κ3) is 3.32. The molecule has 8 nitrogen and oxygen atoms in total. The molecule has 2 fully saturated rings. The molecule has 0 aromatic carbocycles. The maximum atomic E-state index is 12.9. The number of rotatable bonds is 4. The fraction of sp³-hybridized carbons (Fsp3) is 0.444. The van der Waals surface area contributed by atoms with E-state index in [4.69, 9.17) is 9.15 Å². The molecular formula is C18H20N4O4. The summed E-state index contributed by atoms with van der Waals surface area (Å²) in [5, 5.41) is 2.88. The fourth-order valence-corrected chi connectivity index (χ4v) is 3.66. The van der Waals surface area contributed by atoms with Crippen LogP contribution in [0.15, 0.2) is 41.4 Å². The third-order valence-electron chi connectivity index (χ3n) is 4.94. The Morgan fingerprint density at radius 3 is 3.04 bits per heavy atom. The van der Waals surface area contributed by atoms with Gasteiger partial charge < -0.3 is 19.4 Å². The average Bonchev–Trinajstić information content (AvgIpc) is 3.37. The molecule has 2 aliphatic heterocycles. The molecule has 0 spiro atoms. The van der Waals surface area contributed by atoms with Crippen molar-refractivity contribution in [1.82, 2.24) is 20.2 Å². The Morgan fingerprint density at radius 2 is 2.27 bits per heavy atom. The first-order valence-corrected chi connectivity index (χ1v) is 8.71. The lowest BCUT2D eigenvalue weighted by atomic mass is 9.89. The second-order valence-electron chi connectivity index (χ2n) is 6.54. The molecule has 4 heterocycles. The Balaban J connectivity index is 1.47. The highest BCUT2D eigenvalue weighted by Gasteiger charge is 2.44. The summed E-state index contributed by atoms with van der Waals surface area (Å²) in [5.74, 6) is 0.0519. The van der Waals surface area contributed by atoms with Gasteiger partial charge in [0.05, 0.1) is 37.1 Å². The van der Waals surface area contributed by atoms with E-state index in [1.807, 2.05) is 0 Å². The largest absolute Gasteiger partial charge is 0.467 e. The first-order chi connectivity index (χ1) is 12.7. The number of carbonyl (C=O) groups is 2. The number of furan rings is 1. The number of aromatic nitrogens is 2. The van der Waals surface area contributed by atoms with Crippen molar-refractivity contribution in [2.24, 2.45) is 5.92 Å². The standard InChI is InChI=1S/C18H20N4O4/c23-17(21-9-13-2-1-6-25-13)12-8-16-15(3-7-26-16)22(11-12)18(24)14-10-19-4-5-20-14/h1-2,4-6,10,12,15-16H,3,7-9,11H2,(H,21,23)/t12-,15+,16+/m0/s1. The van der Waals surface area contributed by atoms with Gasteiger partial charge >= 0.3 is 0 Å². The molecule has 2 amide bonds. The van der Waals surface area contributed by atoms with Crippen LogP contribution in [0.4, 0.5) is 0 Å². The summed E-state index contributed by atoms with van der Waals surface area (Å²) in [6.45, 7) is 1.28. The summed E-state index contributed by atoms with van der Waals surface area (Å²) >= 11 is 0. The lowest BCUT2D eigenvalue weighted by molar-refractivity contribution is -0.129. The Kier molecular flexibility index (Phi) is 4.66. The first kappa shape index (κ1) is 16.7. The van der Waals surface area contributed by atoms with Gasteiger partial charge in [-0.2, -0.15) is 0 Å². The molecule has 2 aromatic heterocycles. The van der Waals surface area contributed by atoms with Gasteiger partial charge in [-0.25, -0.2) is 4.98 Å². The van der Waals surface area contributed by atoms with Gasteiger partial charge in [-0.3, -0.25) is 14.6 Å². The first-order valence-electron chi connectivity index (χ1n) is 8.71. The van der Waals surface area contributed by atoms with Crippen molar-refractivity contribution in [3.8, 4) is 0 Å². The molecule has 1 N–H and O–H groups in total. The minimum Gasteiger partial charge on any atom is -0.467 e. The Labute approximate surface area is 150 Å². The second kappa shape index (κ2) is 7.25. The van der Waals surface area contributed by atoms with Crippen LogP contribution in [0.2, 0.25) is 0 Å². The van der Waals surface area contributed by atoms with Crippen LogP contribution >= 0.6 is 0 Å². The smallest absolute Gasteiger partial charge is 0.274 e. The number of hydrogen-bond acceptors (Lipinski definition) is 6. The van der Waals surface area contributed by atoms with Crippen LogP contribution in [0, 0.1) is 5.92 Å². The van der Waals surface area contributed by atoms with Gasteiger partial charge in [0, 0.05) is 25.5 Å². The van der Waals surface area contributed by atoms with Crippen molar-refractivity contribution in [3.05, 3.63) is 48.4 Å². The number of fused-ring (bicyclic) bond motifs is 1. The van der Waals surface area contributed by atoms with Gasteiger partial charge in [0.15, 0.2) is 0 Å². The number of nitrogens with zero attached hydrogens (tertiary/aromatic N) is 3. The van der Waals surface area contributed by atoms with E-state index in [-0.39, 0.29) is 35.6 Å². The quantitative estimate of drug-likeness (QED) is 0.878. The van der Waals surface area contributed by atoms with E-state index in [0.29, 0.717) is 31.9 Å². The van der Waals surface area contributed by atoms with Gasteiger partial charge in [0.2, 0.25) is 5.91 Å². The highest BCUT2D eigenvalue weighted by atomic mass is 16.5. The minimum atomic E-state index is -0.329. The molecule has 0 bridgehead atoms. The summed E-state index contributed by atoms with van der Waals surface area (Å²) in [6, 6.07) is 3.57. The maximum absolute atomic E-state index is 12.9. The molecule has 2 aromatic rings. The number of nitrogens with one attached hydrogen (secondary N) is 1. The van der Waals surface area contributed by atoms with E-state index in [1.165, 1.54) is 18.6 Å². The van der Waals surface area contributed by atoms with Crippen LogP contribution in [0.25, 0.3) is 0 Å². The lowest BCUT2D eigenvalue weighted by Gasteiger charge is -2.40. The Bertz CT molecular complexity index is 765. The number of piperidine rings is 1. The summed E-state index contributed by atoms with van der Waals surface area (Å²) in [5.41, 5.74) is 0.287. The van der Waals surface area contributed by atoms with Crippen LogP contribution in [-0.4, -0.2) is 52.0 Å². The molecule has 4 rings (SSSR count). The maximum Gasteiger partial charge on any atom is 0.274 e. The van der Waals surface area contributed by atoms with Crippen LogP contribution in [0.5, 0.6) is 0 Å². The number of amides is 2. The van der Waals surface area contributed by atoms with E-state index >= 15 is 0 Å². The zero-order chi connectivity index (χ0) is 17.9. The molecule has 0 radical (unpaired) electrons. The lowest BCUT2D eigenvalue weighted by Crippen LogP contribution is -2.55. The molecule has 136 valence electrons. The van der Waals surface area contributed by atoms with Crippen LogP contribution in [0.3, 0.4) is 0 Å². The molecule has 3 atom stereocenters. The Morgan fingerprint density at radius 1 is 1.35 bits per heavy atom. The van der Waals surface area contributed by atoms with Crippen molar-refractivity contribution >= 4 is 11.8 Å². The third-order valence-corrected chi connectivity index (χ3v) is 4.94. The highest BCUT2D eigenvalue weighted by Crippen LogP contribution is 2.32. The normalized spacial score (nSPS) is 24.9. The van der Waals surface area contributed by atoms with Gasteiger partial charge in [0.1, 0.15) is 11.5 Å². The monoisotopic (exact) mass is 356 g/mol. The van der Waals surface area contributed by atoms with E-state index in [9.17, 15) is 9.59 Å². The summed E-state index contributed by atoms with van der Waals surface area (Å²) in [4.78, 5) is 35.3. The van der Waals surface area contributed by atoms with Crippen molar-refractivity contribution < 1.29 is 18.7 Å². The summed E-state index contributed by atoms with van der Waals surface area (Å²) in [7, 11) is 0. The molecule has 0 aliphatic carbocycles. The van der Waals surface area contributed by atoms with Crippen LogP contribution in [-0.2, 0) is 16.1 Å². The van der Waals surface area contributed by atoms with E-state index in [2.05, 4.69) is 15.3 Å². The molecule has 2 aliphatic rings. The van der Waals surface area contributed by atoms with Crippen molar-refractivity contribution in [3.63, 3.8) is 0 Å². The zero-order valence-corrected chi connectivity index (χ0v) is 14.2. The van der Waals surface area contributed by atoms with Crippen molar-refractivity contribution in [2.75, 3.05) is 13.2 Å². The predicted molar refractivity (Wildman–Crippen MR) is 89.9 cm³/mol. The molecular weight excluding hydrogens is 336 g/mol. The van der Waals surface area contributed by atoms with E-state index < -0.39 is 0 Å². The zero-order valence-electron chi connectivity index (χ0n) is 14.2. The SMILES string of the molecule is O=C(NCc1ccco1)[C@H]1C[C@H]2OCC[C@H]2N(C(=O)c2cnccn2)C1. The number of likely N-dealkylation sites (tertiary alicyclic amines) is 1. The predicted octanol–water partition coefficient (Wildman–Crippen LogP) is 1.01. The topological polar surface area (TPSA) is 97.6 Å². The average molecular weight is 356 g/mol. The summed E-state index contributed by atoms with van der Waals surface area (Å²) in [6.07, 6.45) is 7.31. The number of ether oxygens (including phenoxy) is 1. The number of carbonyl (C=O) groups excluding carboxylic acids is 2. The molecule has 0 unspecified atom stereocenters. The molecule has 2 saturated heterocycles. The van der Waals surface area contributed by atoms with Crippen LogP contribution in [0.1, 0.15) is 29.1 Å². The van der Waals surface area contributed by atoms with Gasteiger partial charge in [0.25, 0.3) is 5.91 Å².